The van der Waals surface area contributed by atoms with Gasteiger partial charge in [-0.05, 0) is 103 Å². The average molecular weight is 1310 g/mol. The van der Waals surface area contributed by atoms with Crippen molar-refractivity contribution in [3.63, 3.8) is 0 Å². The number of nitrogens with one attached hydrogen (secondary N) is 3. The molecule has 0 unspecified atom stereocenters. The molecule has 0 saturated heterocycles. The minimum atomic E-state index is -0.970. The fraction of sp³-hybridized carbons (Fsp3) is 0.240. The Bertz CT molecular complexity index is 4350. The summed E-state index contributed by atoms with van der Waals surface area (Å²) in [6.07, 6.45) is 6.42. The third-order valence-electron chi connectivity index (χ3n) is 16.4. The van der Waals surface area contributed by atoms with Crippen molar-refractivity contribution in [2.24, 2.45) is 5.92 Å². The van der Waals surface area contributed by atoms with Gasteiger partial charge in [0.2, 0.25) is 17.6 Å². The van der Waals surface area contributed by atoms with E-state index in [0.29, 0.717) is 41.3 Å². The van der Waals surface area contributed by atoms with Gasteiger partial charge in [0.25, 0.3) is 0 Å². The number of unbranched alkanes of at least 4 members (excludes halogenated alkanes) is 2. The molecule has 0 fully saturated rings. The molecule has 12 aromatic rings. The summed E-state index contributed by atoms with van der Waals surface area (Å²) in [6, 6.07) is 65.0. The van der Waals surface area contributed by atoms with Crippen molar-refractivity contribution in [3.05, 3.63) is 257 Å². The maximum Gasteiger partial charge on any atom is 0.326 e. The number of imidazole rings is 1. The van der Waals surface area contributed by atoms with Gasteiger partial charge >= 0.3 is 5.97 Å². The van der Waals surface area contributed by atoms with Gasteiger partial charge in [0.05, 0.1) is 12.3 Å². The molecule has 12 rings (SSSR count). The normalized spacial score (nSPS) is 11.4. The highest BCUT2D eigenvalue weighted by atomic mass is 35.5. The summed E-state index contributed by atoms with van der Waals surface area (Å²) in [5, 5.41) is 55.6. The van der Waals surface area contributed by atoms with Crippen molar-refractivity contribution in [2.45, 2.75) is 112 Å². The van der Waals surface area contributed by atoms with E-state index in [-0.39, 0.29) is 30.8 Å². The number of carbonyl (C=O) groups excluding carboxylic acids is 1. The summed E-state index contributed by atoms with van der Waals surface area (Å²) < 4.78 is 15.4. The lowest BCUT2D eigenvalue weighted by Gasteiger charge is -2.32. The SMILES string of the molecule is CCCCC(=O)N(Cc1ccc(-c2ccccc2-c2ncn[nH]2)cc1)[C@H](C(=O)O)C(C)C.CCCCc1nc(Cl)c(CO)n1Cc1ccc(-c2ccccc2-c2nn[nH]n2)cc1.Fc1ccc(CN(Cc2ccccc2)Cc2ccc(-c3ccccc3-c3nn[nH]n3)cc2)cc1. The zero-order valence-corrected chi connectivity index (χ0v) is 54.9. The van der Waals surface area contributed by atoms with Gasteiger partial charge < -0.3 is 19.7 Å². The maximum atomic E-state index is 13.4. The molecule has 5 N–H and O–H groups in total. The van der Waals surface area contributed by atoms with Crippen LogP contribution in [0, 0.1) is 11.7 Å². The van der Waals surface area contributed by atoms with Gasteiger partial charge in [0.1, 0.15) is 24.0 Å². The smallest absolute Gasteiger partial charge is 0.326 e. The monoisotopic (exact) mass is 1310 g/mol. The van der Waals surface area contributed by atoms with Crippen LogP contribution in [0.1, 0.15) is 99.1 Å². The molecule has 19 nitrogen and oxygen atoms in total. The van der Waals surface area contributed by atoms with E-state index in [4.69, 9.17) is 11.6 Å². The van der Waals surface area contributed by atoms with Gasteiger partial charge in [-0.2, -0.15) is 15.5 Å². The molecule has 0 radical (unpaired) electrons. The van der Waals surface area contributed by atoms with Crippen molar-refractivity contribution in [1.82, 2.24) is 75.8 Å². The third kappa shape index (κ3) is 18.0. The van der Waals surface area contributed by atoms with Crippen LogP contribution in [0.25, 0.3) is 67.5 Å². The summed E-state index contributed by atoms with van der Waals surface area (Å²) >= 11 is 6.26. The van der Waals surface area contributed by atoms with Gasteiger partial charge in [-0.25, -0.2) is 19.2 Å². The number of aliphatic carboxylic acids is 1. The van der Waals surface area contributed by atoms with E-state index in [1.807, 2.05) is 135 Å². The third-order valence-corrected chi connectivity index (χ3v) is 16.7. The molecule has 8 aromatic carbocycles. The summed E-state index contributed by atoms with van der Waals surface area (Å²) in [4.78, 5) is 37.4. The highest BCUT2D eigenvalue weighted by molar-refractivity contribution is 6.30. The Hall–Kier alpha value is -10.7. The van der Waals surface area contributed by atoms with E-state index in [1.54, 1.807) is 0 Å². The molecule has 0 bridgehead atoms. The van der Waals surface area contributed by atoms with Crippen LogP contribution >= 0.6 is 11.6 Å². The first-order chi connectivity index (χ1) is 46.9. The predicted molar refractivity (Wildman–Crippen MR) is 370 cm³/mol. The summed E-state index contributed by atoms with van der Waals surface area (Å²) in [6.45, 7) is 10.9. The zero-order chi connectivity index (χ0) is 67.2. The van der Waals surface area contributed by atoms with Gasteiger partial charge in [-0.1, -0.05) is 240 Å². The molecule has 490 valence electrons. The number of carboxylic acid groups (broad SMARTS) is 1. The molecule has 21 heteroatoms. The lowest BCUT2D eigenvalue weighted by atomic mass is 9.97. The number of carboxylic acids is 1. The van der Waals surface area contributed by atoms with E-state index in [2.05, 4.69) is 152 Å². The summed E-state index contributed by atoms with van der Waals surface area (Å²) in [7, 11) is 0. The van der Waals surface area contributed by atoms with Crippen molar-refractivity contribution in [2.75, 3.05) is 0 Å². The number of amides is 1. The molecule has 0 saturated carbocycles. The van der Waals surface area contributed by atoms with Gasteiger partial charge in [-0.15, -0.1) is 20.4 Å². The number of hydrogen-bond donors (Lipinski definition) is 5. The number of aliphatic hydroxyl groups is 1. The van der Waals surface area contributed by atoms with Crippen LogP contribution in [0.5, 0.6) is 0 Å². The number of aliphatic hydroxyl groups excluding tert-OH is 1. The number of aromatic amines is 3. The Kier molecular flexibility index (Phi) is 24.1. The number of aromatic nitrogens is 13. The molecular formula is C75H77ClFN15O4. The Morgan fingerprint density at radius 3 is 1.49 bits per heavy atom. The molecule has 0 aliphatic heterocycles. The minimum Gasteiger partial charge on any atom is -0.480 e. The number of benzene rings is 8. The van der Waals surface area contributed by atoms with Gasteiger partial charge in [0, 0.05) is 62.3 Å². The largest absolute Gasteiger partial charge is 0.480 e. The van der Waals surface area contributed by atoms with Crippen LogP contribution in [0.3, 0.4) is 0 Å². The Morgan fingerprint density at radius 2 is 1.03 bits per heavy atom. The first-order valence-corrected chi connectivity index (χ1v) is 32.5. The first kappa shape index (κ1) is 68.2. The van der Waals surface area contributed by atoms with Crippen molar-refractivity contribution in [1.29, 1.82) is 0 Å². The fourth-order valence-electron chi connectivity index (χ4n) is 11.5. The molecule has 1 amide bonds. The van der Waals surface area contributed by atoms with Gasteiger partial charge in [-0.3, -0.25) is 14.8 Å². The lowest BCUT2D eigenvalue weighted by Crippen LogP contribution is -2.47. The number of hydrogen-bond acceptors (Lipinski definition) is 13. The van der Waals surface area contributed by atoms with Crippen LogP contribution in [0.4, 0.5) is 4.39 Å². The molecule has 4 heterocycles. The quantitative estimate of drug-likeness (QED) is 0.0338. The van der Waals surface area contributed by atoms with Crippen molar-refractivity contribution >= 4 is 23.5 Å². The summed E-state index contributed by atoms with van der Waals surface area (Å²) in [5.41, 5.74) is 15.3. The van der Waals surface area contributed by atoms with Crippen molar-refractivity contribution in [3.8, 4) is 67.5 Å². The average Bonchev–Trinajstić information content (AvgIpc) is 1.45. The maximum absolute atomic E-state index is 13.4. The standard InChI is InChI=1S/C28H24FN5.C25H30N4O3.C22H23ClN6O/c29-25-16-12-23(13-17-25)20-34(18-21-6-2-1-3-7-21)19-22-10-14-24(15-11-22)26-8-4-5-9-27(26)28-30-32-33-31-28;1-4-5-10-22(30)29(23(17(2)3)25(31)32)15-18-11-13-19(14-12-18)20-8-6-7-9-21(20)24-26-16-27-28-24;1-2-3-8-20-24-21(23)19(14-30)29(20)13-15-9-11-16(12-10-15)17-6-4-5-7-18(17)22-25-27-28-26-22/h1-17H,18-20H2,(H,30,31,32,33);6-9,11-14,16-17,23H,4-5,10,15H2,1-3H3,(H,31,32)(H,26,27,28);4-7,9-12,30H,2-3,8,13-14H2,1H3,(H,25,26,27,28)/t;23-;/m.0./s1. The lowest BCUT2D eigenvalue weighted by molar-refractivity contribution is -0.153. The molecule has 1 atom stereocenters. The van der Waals surface area contributed by atoms with Crippen molar-refractivity contribution < 1.29 is 24.2 Å². The number of tetrazole rings is 2. The fourth-order valence-corrected chi connectivity index (χ4v) is 11.8. The molecule has 4 aromatic heterocycles. The van der Waals surface area contributed by atoms with Crippen LogP contribution in [-0.4, -0.2) is 104 Å². The second-order valence-corrected chi connectivity index (χ2v) is 23.9. The number of nitrogens with zero attached hydrogens (tertiary/aromatic N) is 12. The van der Waals surface area contributed by atoms with E-state index in [9.17, 15) is 24.2 Å². The number of aryl methyl sites for hydroxylation is 1. The number of rotatable bonds is 26. The molecule has 0 aliphatic carbocycles. The van der Waals surface area contributed by atoms with E-state index in [0.717, 1.165) is 124 Å². The highest BCUT2D eigenvalue weighted by Crippen LogP contribution is 2.34. The molecule has 0 aliphatic rings. The van der Waals surface area contributed by atoms with E-state index in [1.165, 1.54) is 34.5 Å². The minimum absolute atomic E-state index is 0.118. The van der Waals surface area contributed by atoms with Crippen LogP contribution in [0.2, 0.25) is 5.15 Å². The topological polar surface area (TPSA) is 249 Å². The first-order valence-electron chi connectivity index (χ1n) is 32.1. The zero-order valence-electron chi connectivity index (χ0n) is 54.1. The molecule has 96 heavy (non-hydrogen) atoms. The predicted octanol–water partition coefficient (Wildman–Crippen LogP) is 14.9. The second kappa shape index (κ2) is 34.0. The van der Waals surface area contributed by atoms with Gasteiger partial charge in [0.15, 0.2) is 11.0 Å². The van der Waals surface area contributed by atoms with E-state index >= 15 is 0 Å². The molecular weight excluding hydrogens is 1230 g/mol. The molecule has 0 spiro atoms. The van der Waals surface area contributed by atoms with Crippen LogP contribution < -0.4 is 0 Å². The summed E-state index contributed by atoms with van der Waals surface area (Å²) in [5.74, 6) is 1.26. The Balaban J connectivity index is 0.000000157. The highest BCUT2D eigenvalue weighted by Gasteiger charge is 2.32. The number of H-pyrrole nitrogens is 3. The second-order valence-electron chi connectivity index (χ2n) is 23.6. The van der Waals surface area contributed by atoms with Crippen LogP contribution in [-0.2, 0) is 55.3 Å². The number of halogens is 2. The Labute approximate surface area is 562 Å². The Morgan fingerprint density at radius 1 is 0.573 bits per heavy atom. The van der Waals surface area contributed by atoms with Crippen LogP contribution in [0.15, 0.2) is 207 Å². The number of carbonyl (C=O) groups is 2. The van der Waals surface area contributed by atoms with E-state index < -0.39 is 12.0 Å².